The Morgan fingerprint density at radius 3 is 2.55 bits per heavy atom. The van der Waals surface area contributed by atoms with E-state index < -0.39 is 0 Å². The van der Waals surface area contributed by atoms with E-state index in [0.29, 0.717) is 0 Å². The number of rotatable bonds is 4. The maximum absolute atomic E-state index is 5.42. The Morgan fingerprint density at radius 1 is 1.18 bits per heavy atom. The molecule has 1 radical (unpaired) electrons. The van der Waals surface area contributed by atoms with Gasteiger partial charge in [0.15, 0.2) is 0 Å². The van der Waals surface area contributed by atoms with Crippen molar-refractivity contribution >= 4 is 12.6 Å². The quantitative estimate of drug-likeness (QED) is 0.594. The summed E-state index contributed by atoms with van der Waals surface area (Å²) in [6.07, 6.45) is 6.98. The third-order valence-corrected chi connectivity index (χ3v) is 2.47. The first-order chi connectivity index (χ1) is 5.43. The molecule has 0 bridgehead atoms. The maximum atomic E-state index is 5.42. The van der Waals surface area contributed by atoms with Gasteiger partial charge in [0, 0.05) is 12.4 Å². The van der Waals surface area contributed by atoms with Gasteiger partial charge in [-0.15, -0.1) is 0 Å². The van der Waals surface area contributed by atoms with E-state index in [-0.39, 0.29) is 0 Å². The Balaban J connectivity index is 1.96. The summed E-state index contributed by atoms with van der Waals surface area (Å²) in [6, 6.07) is 0. The van der Waals surface area contributed by atoms with E-state index in [1.165, 1.54) is 32.1 Å². The lowest BCUT2D eigenvalue weighted by molar-refractivity contribution is 0.0968. The first-order valence-electron chi connectivity index (χ1n) is 4.59. The molecule has 65 valence electrons. The van der Waals surface area contributed by atoms with Crippen molar-refractivity contribution in [3.05, 3.63) is 0 Å². The fourth-order valence-electron chi connectivity index (χ4n) is 1.66. The summed E-state index contributed by atoms with van der Waals surface area (Å²) >= 11 is 4.79. The van der Waals surface area contributed by atoms with E-state index >= 15 is 0 Å². The zero-order valence-electron chi connectivity index (χ0n) is 7.05. The minimum absolute atomic E-state index is 0.743. The lowest BCUT2D eigenvalue weighted by Crippen LogP contribution is -2.14. The molecule has 0 aromatic heterocycles. The summed E-state index contributed by atoms with van der Waals surface area (Å²) in [6.45, 7) is 1.72. The average Bonchev–Trinajstić information content (AvgIpc) is 2.07. The second-order valence-electron chi connectivity index (χ2n) is 3.28. The van der Waals surface area contributed by atoms with E-state index in [9.17, 15) is 0 Å². The number of ether oxygens (including phenoxy) is 1. The minimum Gasteiger partial charge on any atom is -0.380 e. The molecule has 0 atom stereocenters. The van der Waals surface area contributed by atoms with Crippen molar-refractivity contribution in [2.45, 2.75) is 32.1 Å². The van der Waals surface area contributed by atoms with Gasteiger partial charge in [0.05, 0.1) is 6.61 Å². The van der Waals surface area contributed by atoms with Gasteiger partial charge in [-0.25, -0.2) is 0 Å². The van der Waals surface area contributed by atoms with Crippen LogP contribution in [0.4, 0.5) is 0 Å². The topological polar surface area (TPSA) is 9.23 Å². The Kier molecular flexibility index (Phi) is 5.04. The van der Waals surface area contributed by atoms with Crippen LogP contribution in [0.25, 0.3) is 0 Å². The van der Waals surface area contributed by atoms with Crippen molar-refractivity contribution in [1.29, 1.82) is 0 Å². The largest absolute Gasteiger partial charge is 0.380 e. The third kappa shape index (κ3) is 4.02. The zero-order chi connectivity index (χ0) is 7.94. The van der Waals surface area contributed by atoms with Crippen molar-refractivity contribution in [1.82, 2.24) is 0 Å². The van der Waals surface area contributed by atoms with Crippen LogP contribution in [-0.2, 0) is 4.74 Å². The third-order valence-electron chi connectivity index (χ3n) is 2.31. The number of hydrogen-bond acceptors (Lipinski definition) is 1. The van der Waals surface area contributed by atoms with Crippen LogP contribution in [0.1, 0.15) is 32.1 Å². The fourth-order valence-corrected chi connectivity index (χ4v) is 1.78. The molecule has 2 heteroatoms. The van der Waals surface area contributed by atoms with Gasteiger partial charge >= 0.3 is 0 Å². The van der Waals surface area contributed by atoms with Crippen LogP contribution < -0.4 is 0 Å². The zero-order valence-corrected chi connectivity index (χ0v) is 7.87. The van der Waals surface area contributed by atoms with Gasteiger partial charge in [0.2, 0.25) is 0 Å². The molecule has 0 aromatic carbocycles. The molecule has 1 fully saturated rings. The van der Waals surface area contributed by atoms with Crippen molar-refractivity contribution in [3.8, 4) is 0 Å². The summed E-state index contributed by atoms with van der Waals surface area (Å²) in [5.41, 5.74) is 0. The molecule has 1 nitrogen and oxygen atoms in total. The lowest BCUT2D eigenvalue weighted by Gasteiger charge is -2.20. The molecule has 0 heterocycles. The molecule has 1 saturated carbocycles. The standard InChI is InChI=1S/C9H17OS/c11-7-6-10-8-9-4-2-1-3-5-9/h9H,1-8H2. The van der Waals surface area contributed by atoms with Crippen LogP contribution in [0.5, 0.6) is 0 Å². The Morgan fingerprint density at radius 2 is 1.91 bits per heavy atom. The molecular formula is C9H17OS. The molecule has 1 aliphatic rings. The Labute approximate surface area is 74.9 Å². The molecule has 0 unspecified atom stereocenters. The molecule has 11 heavy (non-hydrogen) atoms. The summed E-state index contributed by atoms with van der Waals surface area (Å²) in [5.74, 6) is 1.58. The Bertz CT molecular complexity index is 89.6. The molecule has 0 saturated heterocycles. The summed E-state index contributed by atoms with van der Waals surface area (Å²) in [7, 11) is 0. The maximum Gasteiger partial charge on any atom is 0.0565 e. The van der Waals surface area contributed by atoms with Gasteiger partial charge in [0.25, 0.3) is 0 Å². The summed E-state index contributed by atoms with van der Waals surface area (Å²) in [4.78, 5) is 0. The van der Waals surface area contributed by atoms with Crippen LogP contribution in [0, 0.1) is 5.92 Å². The Hall–Kier alpha value is 0.310. The van der Waals surface area contributed by atoms with Crippen LogP contribution in [-0.4, -0.2) is 19.0 Å². The van der Waals surface area contributed by atoms with E-state index in [2.05, 4.69) is 0 Å². The van der Waals surface area contributed by atoms with Gasteiger partial charge < -0.3 is 4.74 Å². The molecule has 1 aliphatic carbocycles. The fraction of sp³-hybridized carbons (Fsp3) is 1.00. The van der Waals surface area contributed by atoms with Crippen molar-refractivity contribution < 1.29 is 4.74 Å². The van der Waals surface area contributed by atoms with Gasteiger partial charge in [0.1, 0.15) is 0 Å². The van der Waals surface area contributed by atoms with Crippen LogP contribution in [0.2, 0.25) is 0 Å². The van der Waals surface area contributed by atoms with E-state index in [1.807, 2.05) is 0 Å². The van der Waals surface area contributed by atoms with Gasteiger partial charge in [-0.05, 0) is 18.8 Å². The SMILES string of the molecule is [S]CCOCC1CCCCC1. The first-order valence-corrected chi connectivity index (χ1v) is 5.17. The second kappa shape index (κ2) is 5.90. The van der Waals surface area contributed by atoms with Gasteiger partial charge in [-0.2, -0.15) is 0 Å². The number of hydrogen-bond donors (Lipinski definition) is 0. The van der Waals surface area contributed by atoms with Crippen molar-refractivity contribution in [2.75, 3.05) is 19.0 Å². The predicted octanol–water partition coefficient (Wildman–Crippen LogP) is 2.78. The second-order valence-corrected chi connectivity index (χ2v) is 3.69. The smallest absolute Gasteiger partial charge is 0.0565 e. The van der Waals surface area contributed by atoms with Crippen LogP contribution in [0.15, 0.2) is 0 Å². The molecular weight excluding hydrogens is 156 g/mol. The first kappa shape index (κ1) is 9.40. The highest BCUT2D eigenvalue weighted by Crippen LogP contribution is 2.23. The molecule has 0 N–H and O–H groups in total. The molecule has 1 rings (SSSR count). The molecule has 0 amide bonds. The van der Waals surface area contributed by atoms with Crippen molar-refractivity contribution in [3.63, 3.8) is 0 Å². The minimum atomic E-state index is 0.743. The van der Waals surface area contributed by atoms with E-state index in [1.54, 1.807) is 0 Å². The van der Waals surface area contributed by atoms with Crippen LogP contribution in [0.3, 0.4) is 0 Å². The monoisotopic (exact) mass is 173 g/mol. The molecule has 0 aliphatic heterocycles. The molecule has 0 aromatic rings. The molecule has 0 spiro atoms. The summed E-state index contributed by atoms with van der Waals surface area (Å²) < 4.78 is 5.42. The van der Waals surface area contributed by atoms with Crippen LogP contribution >= 0.6 is 12.6 Å². The predicted molar refractivity (Wildman–Crippen MR) is 49.9 cm³/mol. The highest BCUT2D eigenvalue weighted by Gasteiger charge is 2.12. The highest BCUT2D eigenvalue weighted by molar-refractivity contribution is 7.80. The highest BCUT2D eigenvalue weighted by atomic mass is 32.1. The van der Waals surface area contributed by atoms with E-state index in [4.69, 9.17) is 17.4 Å². The van der Waals surface area contributed by atoms with E-state index in [0.717, 1.165) is 24.9 Å². The summed E-state index contributed by atoms with van der Waals surface area (Å²) in [5, 5.41) is 0. The normalized spacial score (nSPS) is 20.5. The average molecular weight is 173 g/mol. The lowest BCUT2D eigenvalue weighted by atomic mass is 9.90. The van der Waals surface area contributed by atoms with Crippen molar-refractivity contribution in [2.24, 2.45) is 5.92 Å². The van der Waals surface area contributed by atoms with Gasteiger partial charge in [-0.3, -0.25) is 0 Å². The van der Waals surface area contributed by atoms with Gasteiger partial charge in [-0.1, -0.05) is 31.9 Å².